The quantitative estimate of drug-likeness (QED) is 0.698. The van der Waals surface area contributed by atoms with Gasteiger partial charge in [0, 0.05) is 17.1 Å². The van der Waals surface area contributed by atoms with Crippen molar-refractivity contribution in [1.29, 1.82) is 0 Å². The van der Waals surface area contributed by atoms with Gasteiger partial charge in [0.1, 0.15) is 0 Å². The predicted molar refractivity (Wildman–Crippen MR) is 44.6 cm³/mol. The maximum absolute atomic E-state index is 11.0. The van der Waals surface area contributed by atoms with Crippen LogP contribution in [-0.4, -0.2) is 7.11 Å². The summed E-state index contributed by atoms with van der Waals surface area (Å²) in [5, 5.41) is 11.0. The molecule has 0 aromatic heterocycles. The molecule has 1 atom stereocenters. The van der Waals surface area contributed by atoms with E-state index in [1.807, 2.05) is 12.1 Å². The monoisotopic (exact) mass is 215 g/mol. The fourth-order valence-electron chi connectivity index (χ4n) is 0.756. The third kappa shape index (κ3) is 2.29. The van der Waals surface area contributed by atoms with Crippen molar-refractivity contribution < 1.29 is 9.84 Å². The zero-order valence-electron chi connectivity index (χ0n) is 6.08. The van der Waals surface area contributed by atoms with Crippen molar-refractivity contribution >= 4 is 15.9 Å². The Morgan fingerprint density at radius 1 is 1.36 bits per heavy atom. The Balaban J connectivity index is 2.81. The Hall–Kier alpha value is -0.380. The Bertz CT molecular complexity index is 220. The molecule has 0 N–H and O–H groups in total. The highest BCUT2D eigenvalue weighted by molar-refractivity contribution is 9.10. The van der Waals surface area contributed by atoms with Gasteiger partial charge in [-0.1, -0.05) is 28.1 Å². The maximum atomic E-state index is 11.0. The standard InChI is InChI=1S/C8H8BrO2/c1-11-8(10)6-2-4-7(9)5-3-6/h2-5,8H,1H3. The number of rotatable bonds is 2. The van der Waals surface area contributed by atoms with Gasteiger partial charge in [0.25, 0.3) is 0 Å². The molecule has 0 aliphatic heterocycles. The summed E-state index contributed by atoms with van der Waals surface area (Å²) >= 11 is 3.27. The van der Waals surface area contributed by atoms with Crippen LogP contribution in [0.3, 0.4) is 0 Å². The average Bonchev–Trinajstić information content (AvgIpc) is 2.05. The van der Waals surface area contributed by atoms with Crippen molar-refractivity contribution in [2.24, 2.45) is 0 Å². The van der Waals surface area contributed by atoms with Crippen LogP contribution in [0.4, 0.5) is 0 Å². The molecule has 1 radical (unpaired) electrons. The summed E-state index contributed by atoms with van der Waals surface area (Å²) in [5.41, 5.74) is 0.649. The molecule has 0 saturated heterocycles. The molecule has 1 aromatic rings. The van der Waals surface area contributed by atoms with Gasteiger partial charge in [0.15, 0.2) is 0 Å². The second kappa shape index (κ2) is 3.85. The van der Waals surface area contributed by atoms with Gasteiger partial charge in [0.05, 0.1) is 0 Å². The van der Waals surface area contributed by atoms with E-state index in [9.17, 15) is 5.11 Å². The normalized spacial score (nSPS) is 13.0. The maximum Gasteiger partial charge on any atom is 0.217 e. The van der Waals surface area contributed by atoms with E-state index in [4.69, 9.17) is 0 Å². The molecular weight excluding hydrogens is 208 g/mol. The molecule has 0 fully saturated rings. The fourth-order valence-corrected chi connectivity index (χ4v) is 1.02. The molecule has 0 aliphatic rings. The molecule has 0 bridgehead atoms. The van der Waals surface area contributed by atoms with E-state index in [-0.39, 0.29) is 0 Å². The smallest absolute Gasteiger partial charge is 0.217 e. The molecule has 1 aromatic carbocycles. The van der Waals surface area contributed by atoms with Gasteiger partial charge >= 0.3 is 0 Å². The van der Waals surface area contributed by atoms with Crippen LogP contribution < -0.4 is 0 Å². The van der Waals surface area contributed by atoms with Gasteiger partial charge in [-0.05, 0) is 12.1 Å². The minimum absolute atomic E-state index is 0.649. The van der Waals surface area contributed by atoms with Crippen LogP contribution in [0.15, 0.2) is 28.7 Å². The van der Waals surface area contributed by atoms with E-state index >= 15 is 0 Å². The summed E-state index contributed by atoms with van der Waals surface area (Å²) in [5.74, 6) is 0. The molecule has 1 unspecified atom stereocenters. The number of benzene rings is 1. The topological polar surface area (TPSA) is 29.1 Å². The van der Waals surface area contributed by atoms with Crippen LogP contribution in [0, 0.1) is 0 Å². The van der Waals surface area contributed by atoms with E-state index in [0.29, 0.717) is 5.56 Å². The summed E-state index contributed by atoms with van der Waals surface area (Å²) in [4.78, 5) is 0. The highest BCUT2D eigenvalue weighted by Gasteiger charge is 2.05. The highest BCUT2D eigenvalue weighted by Crippen LogP contribution is 2.17. The molecule has 0 aliphatic carbocycles. The second-order valence-electron chi connectivity index (χ2n) is 2.12. The van der Waals surface area contributed by atoms with Gasteiger partial charge in [-0.15, -0.1) is 0 Å². The van der Waals surface area contributed by atoms with Gasteiger partial charge in [-0.25, -0.2) is 0 Å². The lowest BCUT2D eigenvalue weighted by Crippen LogP contribution is -1.96. The Kier molecular flexibility index (Phi) is 3.05. The van der Waals surface area contributed by atoms with Crippen molar-refractivity contribution in [3.05, 3.63) is 34.3 Å². The summed E-state index contributed by atoms with van der Waals surface area (Å²) in [6.07, 6.45) is -1.07. The number of methoxy groups -OCH3 is 1. The first-order valence-electron chi connectivity index (χ1n) is 3.18. The molecule has 11 heavy (non-hydrogen) atoms. The minimum atomic E-state index is -1.07. The number of hydrogen-bond donors (Lipinski definition) is 0. The van der Waals surface area contributed by atoms with Gasteiger partial charge in [-0.3, -0.25) is 0 Å². The summed E-state index contributed by atoms with van der Waals surface area (Å²) in [7, 11) is 1.40. The summed E-state index contributed by atoms with van der Waals surface area (Å²) in [6.45, 7) is 0. The van der Waals surface area contributed by atoms with Crippen LogP contribution in [-0.2, 0) is 9.84 Å². The Morgan fingerprint density at radius 2 is 1.91 bits per heavy atom. The molecule has 0 amide bonds. The lowest BCUT2D eigenvalue weighted by molar-refractivity contribution is -0.123. The lowest BCUT2D eigenvalue weighted by atomic mass is 10.2. The second-order valence-corrected chi connectivity index (χ2v) is 3.03. The first kappa shape index (κ1) is 8.71. The minimum Gasteiger partial charge on any atom is -0.349 e. The van der Waals surface area contributed by atoms with E-state index in [1.54, 1.807) is 12.1 Å². The van der Waals surface area contributed by atoms with Crippen molar-refractivity contribution in [2.45, 2.75) is 6.29 Å². The highest BCUT2D eigenvalue weighted by atomic mass is 79.9. The first-order valence-corrected chi connectivity index (χ1v) is 3.97. The molecular formula is C8H8BrO2. The van der Waals surface area contributed by atoms with Crippen LogP contribution in [0.25, 0.3) is 0 Å². The number of ether oxygens (including phenoxy) is 1. The summed E-state index contributed by atoms with van der Waals surface area (Å²) < 4.78 is 5.57. The van der Waals surface area contributed by atoms with E-state index in [0.717, 1.165) is 4.47 Å². The largest absolute Gasteiger partial charge is 0.349 e. The van der Waals surface area contributed by atoms with Gasteiger partial charge in [-0.2, -0.15) is 5.11 Å². The van der Waals surface area contributed by atoms with Gasteiger partial charge < -0.3 is 4.74 Å². The van der Waals surface area contributed by atoms with Crippen LogP contribution in [0.5, 0.6) is 0 Å². The van der Waals surface area contributed by atoms with Crippen LogP contribution >= 0.6 is 15.9 Å². The molecule has 3 heteroatoms. The zero-order chi connectivity index (χ0) is 8.27. The summed E-state index contributed by atoms with van der Waals surface area (Å²) in [6, 6.07) is 7.12. The van der Waals surface area contributed by atoms with Crippen LogP contribution in [0.2, 0.25) is 0 Å². The van der Waals surface area contributed by atoms with E-state index < -0.39 is 6.29 Å². The number of halogens is 1. The van der Waals surface area contributed by atoms with E-state index in [1.165, 1.54) is 7.11 Å². The van der Waals surface area contributed by atoms with Crippen molar-refractivity contribution in [3.8, 4) is 0 Å². The third-order valence-electron chi connectivity index (χ3n) is 1.36. The van der Waals surface area contributed by atoms with E-state index in [2.05, 4.69) is 20.7 Å². The Morgan fingerprint density at radius 3 is 2.36 bits per heavy atom. The lowest BCUT2D eigenvalue weighted by Gasteiger charge is -2.04. The average molecular weight is 216 g/mol. The van der Waals surface area contributed by atoms with Crippen molar-refractivity contribution in [1.82, 2.24) is 0 Å². The zero-order valence-corrected chi connectivity index (χ0v) is 7.67. The molecule has 0 heterocycles. The Labute approximate surface area is 73.9 Å². The molecule has 59 valence electrons. The number of hydrogen-bond acceptors (Lipinski definition) is 1. The van der Waals surface area contributed by atoms with Crippen molar-refractivity contribution in [3.63, 3.8) is 0 Å². The van der Waals surface area contributed by atoms with Gasteiger partial charge in [0.2, 0.25) is 6.29 Å². The molecule has 2 nitrogen and oxygen atoms in total. The molecule has 1 rings (SSSR count). The molecule has 0 saturated carbocycles. The first-order chi connectivity index (χ1) is 5.24. The fraction of sp³-hybridized carbons (Fsp3) is 0.250. The predicted octanol–water partition coefficient (Wildman–Crippen LogP) is 2.52. The van der Waals surface area contributed by atoms with Crippen LogP contribution in [0.1, 0.15) is 11.9 Å². The third-order valence-corrected chi connectivity index (χ3v) is 1.88. The SMILES string of the molecule is COC([O])c1ccc(Br)cc1. The molecule has 0 spiro atoms. The van der Waals surface area contributed by atoms with Crippen molar-refractivity contribution in [2.75, 3.05) is 7.11 Å².